The Hall–Kier alpha value is -3.21. The van der Waals surface area contributed by atoms with E-state index in [1.165, 1.54) is 35.5 Å². The van der Waals surface area contributed by atoms with Crippen molar-refractivity contribution in [3.8, 4) is 11.1 Å². The molecule has 0 amide bonds. The van der Waals surface area contributed by atoms with E-state index in [0.29, 0.717) is 23.3 Å². The number of nitrogens with two attached hydrogens (primary N) is 1. The van der Waals surface area contributed by atoms with Crippen molar-refractivity contribution in [2.24, 2.45) is 10.7 Å². The maximum Gasteiger partial charge on any atom is 0.310 e. The van der Waals surface area contributed by atoms with Crippen LogP contribution in [0.5, 0.6) is 0 Å². The van der Waals surface area contributed by atoms with Gasteiger partial charge in [-0.2, -0.15) is 0 Å². The van der Waals surface area contributed by atoms with Gasteiger partial charge in [-0.05, 0) is 41.5 Å². The molecule has 4 nitrogen and oxygen atoms in total. The van der Waals surface area contributed by atoms with Crippen LogP contribution in [0.3, 0.4) is 0 Å². The number of guanidine groups is 1. The highest BCUT2D eigenvalue weighted by molar-refractivity contribution is 8.45. The lowest BCUT2D eigenvalue weighted by Gasteiger charge is -2.41. The van der Waals surface area contributed by atoms with Crippen molar-refractivity contribution in [1.29, 1.82) is 0 Å². The second-order valence-corrected chi connectivity index (χ2v) is 10.0. The Labute approximate surface area is 180 Å². The molecule has 11 heteroatoms. The summed E-state index contributed by atoms with van der Waals surface area (Å²) in [6, 6.07) is 10.1. The summed E-state index contributed by atoms with van der Waals surface area (Å²) in [6.45, 7) is -0.0271. The smallest absolute Gasteiger partial charge is 0.310 e. The second kappa shape index (κ2) is 6.41. The molecule has 1 atom stereocenters. The molecule has 0 aliphatic carbocycles. The maximum absolute atomic E-state index is 14.6. The molecule has 3 aromatic rings. The van der Waals surface area contributed by atoms with E-state index in [9.17, 15) is 23.8 Å². The molecule has 2 N–H and O–H groups in total. The summed E-state index contributed by atoms with van der Waals surface area (Å²) in [5, 5.41) is 0. The maximum atomic E-state index is 14.6. The second-order valence-electron chi connectivity index (χ2n) is 7.62. The van der Waals surface area contributed by atoms with Gasteiger partial charge in [0, 0.05) is 30.6 Å². The standard InChI is InChI=1S/C21H18F6N4S/c1-31-13-21(30-20(31)28,15-5-2-6-17(10-15)32(23,24,25,26)27)16-7-8-19(22)18(11-16)14-4-3-9-29-12-14/h2-12H,13H2,1H3,(H2,28,30). The fourth-order valence-corrected chi connectivity index (χ4v) is 4.42. The van der Waals surface area contributed by atoms with Gasteiger partial charge in [-0.1, -0.05) is 43.7 Å². The van der Waals surface area contributed by atoms with Crippen molar-refractivity contribution in [2.45, 2.75) is 10.4 Å². The van der Waals surface area contributed by atoms with Gasteiger partial charge in [-0.3, -0.25) is 4.98 Å². The predicted octanol–water partition coefficient (Wildman–Crippen LogP) is 6.05. The van der Waals surface area contributed by atoms with Crippen LogP contribution >= 0.6 is 10.2 Å². The first-order valence-corrected chi connectivity index (χ1v) is 11.3. The van der Waals surface area contributed by atoms with Crippen LogP contribution in [0.2, 0.25) is 0 Å². The van der Waals surface area contributed by atoms with Crippen LogP contribution in [-0.4, -0.2) is 29.4 Å². The first-order valence-electron chi connectivity index (χ1n) is 9.31. The Balaban J connectivity index is 1.96. The number of likely N-dealkylation sites (N-methyl/N-ethyl adjacent to an activating group) is 1. The number of halogens is 6. The quantitative estimate of drug-likeness (QED) is 0.471. The molecule has 2 aromatic carbocycles. The van der Waals surface area contributed by atoms with Crippen LogP contribution in [0, 0.1) is 5.82 Å². The largest absolute Gasteiger partial charge is 0.370 e. The average Bonchev–Trinajstić information content (AvgIpc) is 3.03. The Morgan fingerprint density at radius 1 is 0.969 bits per heavy atom. The van der Waals surface area contributed by atoms with Gasteiger partial charge in [0.15, 0.2) is 5.96 Å². The molecule has 4 rings (SSSR count). The number of rotatable bonds is 4. The zero-order chi connectivity index (χ0) is 23.4. The third-order valence-electron chi connectivity index (χ3n) is 5.34. The molecular formula is C21H18F6N4S. The highest BCUT2D eigenvalue weighted by Gasteiger charge is 2.65. The molecule has 0 saturated heterocycles. The molecule has 1 aliphatic rings. The van der Waals surface area contributed by atoms with E-state index in [1.54, 1.807) is 19.2 Å². The Morgan fingerprint density at radius 3 is 2.28 bits per heavy atom. The predicted molar refractivity (Wildman–Crippen MR) is 113 cm³/mol. The highest BCUT2D eigenvalue weighted by atomic mass is 32.5. The molecule has 170 valence electrons. The fourth-order valence-electron chi connectivity index (χ4n) is 3.74. The Kier molecular flexibility index (Phi) is 4.41. The topological polar surface area (TPSA) is 54.5 Å². The lowest BCUT2D eigenvalue weighted by Crippen LogP contribution is -2.35. The molecule has 32 heavy (non-hydrogen) atoms. The van der Waals surface area contributed by atoms with Gasteiger partial charge >= 0.3 is 10.2 Å². The number of pyridine rings is 1. The molecule has 0 fully saturated rings. The summed E-state index contributed by atoms with van der Waals surface area (Å²) in [5.74, 6) is -0.573. The van der Waals surface area contributed by atoms with Crippen molar-refractivity contribution >= 4 is 16.2 Å². The average molecular weight is 472 g/mol. The summed E-state index contributed by atoms with van der Waals surface area (Å²) in [4.78, 5) is 7.77. The van der Waals surface area contributed by atoms with E-state index in [1.807, 2.05) is 0 Å². The zero-order valence-corrected chi connectivity index (χ0v) is 17.5. The molecule has 0 saturated carbocycles. The molecule has 1 unspecified atom stereocenters. The van der Waals surface area contributed by atoms with E-state index in [2.05, 4.69) is 9.98 Å². The van der Waals surface area contributed by atoms with Gasteiger partial charge in [-0.15, -0.1) is 0 Å². The van der Waals surface area contributed by atoms with E-state index in [0.717, 1.165) is 12.1 Å². The van der Waals surface area contributed by atoms with Gasteiger partial charge in [0.1, 0.15) is 16.3 Å². The fraction of sp³-hybridized carbons (Fsp3) is 0.143. The minimum atomic E-state index is -9.94. The normalized spacial score (nSPS) is 21.1. The summed E-state index contributed by atoms with van der Waals surface area (Å²) in [6.07, 6.45) is 2.94. The molecular weight excluding hydrogens is 454 g/mol. The molecule has 1 aliphatic heterocycles. The first-order chi connectivity index (χ1) is 14.7. The third kappa shape index (κ3) is 3.88. The number of hydrogen-bond acceptors (Lipinski definition) is 4. The Morgan fingerprint density at radius 2 is 1.69 bits per heavy atom. The number of aromatic nitrogens is 1. The summed E-state index contributed by atoms with van der Waals surface area (Å²) >= 11 is 0. The summed E-state index contributed by atoms with van der Waals surface area (Å²) in [5.41, 5.74) is 5.09. The van der Waals surface area contributed by atoms with Gasteiger partial charge < -0.3 is 10.6 Å². The number of nitrogens with zero attached hydrogens (tertiary/aromatic N) is 3. The van der Waals surface area contributed by atoms with E-state index >= 15 is 0 Å². The van der Waals surface area contributed by atoms with E-state index in [4.69, 9.17) is 5.73 Å². The minimum Gasteiger partial charge on any atom is -0.370 e. The van der Waals surface area contributed by atoms with Crippen molar-refractivity contribution in [3.63, 3.8) is 0 Å². The van der Waals surface area contributed by atoms with Crippen LogP contribution in [-0.2, 0) is 5.54 Å². The lowest BCUT2D eigenvalue weighted by molar-refractivity contribution is 0.363. The molecule has 0 radical (unpaired) electrons. The van der Waals surface area contributed by atoms with Gasteiger partial charge in [0.2, 0.25) is 0 Å². The molecule has 0 spiro atoms. The summed E-state index contributed by atoms with van der Waals surface area (Å²) in [7, 11) is -8.37. The zero-order valence-electron chi connectivity index (χ0n) is 16.7. The van der Waals surface area contributed by atoms with Crippen molar-refractivity contribution in [2.75, 3.05) is 13.6 Å². The highest BCUT2D eigenvalue weighted by Crippen LogP contribution is 3.02. The SMILES string of the molecule is CN1CC(c2cccc(S(F)(F)(F)(F)F)c2)(c2ccc(F)c(-c3cccnc3)c2)N=C1N. The third-order valence-corrected chi connectivity index (χ3v) is 6.48. The van der Waals surface area contributed by atoms with Crippen LogP contribution in [0.25, 0.3) is 11.1 Å². The van der Waals surface area contributed by atoms with Gasteiger partial charge in [0.25, 0.3) is 0 Å². The molecule has 1 aromatic heterocycles. The number of hydrogen-bond donors (Lipinski definition) is 1. The van der Waals surface area contributed by atoms with Crippen LogP contribution in [0.1, 0.15) is 11.1 Å². The van der Waals surface area contributed by atoms with Crippen molar-refractivity contribution in [3.05, 3.63) is 83.9 Å². The van der Waals surface area contributed by atoms with Gasteiger partial charge in [-0.25, -0.2) is 9.38 Å². The molecule has 2 heterocycles. The molecule has 0 bridgehead atoms. The minimum absolute atomic E-state index is 0.00926. The lowest BCUT2D eigenvalue weighted by atomic mass is 9.82. The van der Waals surface area contributed by atoms with Crippen LogP contribution in [0.15, 0.2) is 76.9 Å². The van der Waals surface area contributed by atoms with E-state index < -0.39 is 26.5 Å². The van der Waals surface area contributed by atoms with Crippen LogP contribution in [0.4, 0.5) is 23.8 Å². The summed E-state index contributed by atoms with van der Waals surface area (Å²) < 4.78 is 82.1. The van der Waals surface area contributed by atoms with E-state index in [-0.39, 0.29) is 23.6 Å². The number of aliphatic imine (C=N–C) groups is 1. The monoisotopic (exact) mass is 472 g/mol. The van der Waals surface area contributed by atoms with Crippen molar-refractivity contribution in [1.82, 2.24) is 9.88 Å². The Bertz CT molecular complexity index is 1230. The first kappa shape index (κ1) is 22.0. The number of benzene rings is 2. The van der Waals surface area contributed by atoms with Gasteiger partial charge in [0.05, 0.1) is 6.54 Å². The van der Waals surface area contributed by atoms with Crippen molar-refractivity contribution < 1.29 is 23.8 Å². The van der Waals surface area contributed by atoms with Crippen LogP contribution < -0.4 is 5.73 Å².